The van der Waals surface area contributed by atoms with Gasteiger partial charge in [0, 0.05) is 44.5 Å². The number of benzene rings is 1. The monoisotopic (exact) mass is 394 g/mol. The lowest BCUT2D eigenvalue weighted by Crippen LogP contribution is -2.47. The first-order valence-electron chi connectivity index (χ1n) is 11.1. The van der Waals surface area contributed by atoms with Crippen molar-refractivity contribution in [1.29, 1.82) is 0 Å². The second-order valence-corrected chi connectivity index (χ2v) is 9.11. The Morgan fingerprint density at radius 1 is 1.07 bits per heavy atom. The quantitative estimate of drug-likeness (QED) is 0.758. The van der Waals surface area contributed by atoms with Crippen molar-refractivity contribution in [3.8, 4) is 11.4 Å². The van der Waals surface area contributed by atoms with Gasteiger partial charge in [0.15, 0.2) is 5.82 Å². The molecule has 1 aliphatic carbocycles. The number of rotatable bonds is 6. The van der Waals surface area contributed by atoms with E-state index in [0.717, 1.165) is 62.8 Å². The summed E-state index contributed by atoms with van der Waals surface area (Å²) in [4.78, 5) is 14.4. The molecule has 2 aromatic rings. The number of hydrogen-bond donors (Lipinski definition) is 1. The molecule has 0 radical (unpaired) electrons. The molecule has 0 atom stereocenters. The van der Waals surface area contributed by atoms with Crippen molar-refractivity contribution >= 4 is 5.82 Å². The number of fused-ring (bicyclic) bond motifs is 1. The molecular weight excluding hydrogens is 360 g/mol. The molecule has 1 saturated heterocycles. The van der Waals surface area contributed by atoms with E-state index in [0.29, 0.717) is 6.61 Å². The van der Waals surface area contributed by atoms with Crippen LogP contribution < -0.4 is 4.90 Å². The SMILES string of the molecule is CC1(C)CCCc2ccc(-c3nccc(N4CCN(CCCCO)CC4)n3)cc21. The highest BCUT2D eigenvalue weighted by Gasteiger charge is 2.27. The predicted molar refractivity (Wildman–Crippen MR) is 118 cm³/mol. The molecule has 0 amide bonds. The van der Waals surface area contributed by atoms with Gasteiger partial charge in [0.25, 0.3) is 0 Å². The maximum atomic E-state index is 8.96. The fraction of sp³-hybridized carbons (Fsp3) is 0.583. The fourth-order valence-electron chi connectivity index (χ4n) is 4.73. The smallest absolute Gasteiger partial charge is 0.161 e. The summed E-state index contributed by atoms with van der Waals surface area (Å²) in [6.45, 7) is 10.2. The van der Waals surface area contributed by atoms with Crippen LogP contribution in [0.1, 0.15) is 50.7 Å². The van der Waals surface area contributed by atoms with Crippen LogP contribution in [-0.4, -0.2) is 59.3 Å². The summed E-state index contributed by atoms with van der Waals surface area (Å²) in [6.07, 6.45) is 7.57. The van der Waals surface area contributed by atoms with Gasteiger partial charge in [-0.3, -0.25) is 4.90 Å². The Balaban J connectivity index is 1.47. The lowest BCUT2D eigenvalue weighted by atomic mass is 9.72. The van der Waals surface area contributed by atoms with Crippen LogP contribution in [0, 0.1) is 0 Å². The van der Waals surface area contributed by atoms with E-state index in [1.807, 2.05) is 12.3 Å². The fourth-order valence-corrected chi connectivity index (χ4v) is 4.73. The van der Waals surface area contributed by atoms with Crippen LogP contribution in [0.25, 0.3) is 11.4 Å². The molecule has 0 bridgehead atoms. The van der Waals surface area contributed by atoms with Gasteiger partial charge in [-0.05, 0) is 67.3 Å². The van der Waals surface area contributed by atoms with Crippen LogP contribution in [-0.2, 0) is 11.8 Å². The highest BCUT2D eigenvalue weighted by molar-refractivity contribution is 5.60. The number of aromatic nitrogens is 2. The second kappa shape index (κ2) is 8.80. The van der Waals surface area contributed by atoms with Gasteiger partial charge in [0.2, 0.25) is 0 Å². The first kappa shape index (κ1) is 20.3. The van der Waals surface area contributed by atoms with Crippen molar-refractivity contribution in [1.82, 2.24) is 14.9 Å². The van der Waals surface area contributed by atoms with Crippen LogP contribution in [0.2, 0.25) is 0 Å². The number of aliphatic hydroxyl groups excluding tert-OH is 1. The average Bonchev–Trinajstić information content (AvgIpc) is 2.74. The van der Waals surface area contributed by atoms with Gasteiger partial charge in [-0.2, -0.15) is 0 Å². The standard InChI is InChI=1S/C24H34N4O/c1-24(2)10-5-6-19-7-8-20(18-21(19)24)23-25-11-9-22(26-23)28-15-13-27(14-16-28)12-3-4-17-29/h7-9,11,18,29H,3-6,10,12-17H2,1-2H3. The topological polar surface area (TPSA) is 52.5 Å². The Morgan fingerprint density at radius 2 is 1.90 bits per heavy atom. The lowest BCUT2D eigenvalue weighted by molar-refractivity contribution is 0.232. The molecule has 29 heavy (non-hydrogen) atoms. The van der Waals surface area contributed by atoms with E-state index in [1.165, 1.54) is 30.4 Å². The Bertz CT molecular complexity index is 827. The molecule has 1 aromatic carbocycles. The zero-order valence-corrected chi connectivity index (χ0v) is 17.9. The van der Waals surface area contributed by atoms with E-state index in [-0.39, 0.29) is 5.41 Å². The van der Waals surface area contributed by atoms with E-state index in [4.69, 9.17) is 10.1 Å². The van der Waals surface area contributed by atoms with Crippen LogP contribution in [0.5, 0.6) is 0 Å². The van der Waals surface area contributed by atoms with E-state index >= 15 is 0 Å². The minimum atomic E-state index is 0.230. The Hall–Kier alpha value is -1.98. The summed E-state index contributed by atoms with van der Waals surface area (Å²) in [6, 6.07) is 8.84. The summed E-state index contributed by atoms with van der Waals surface area (Å²) in [5.41, 5.74) is 4.31. The molecule has 5 heteroatoms. The van der Waals surface area contributed by atoms with E-state index < -0.39 is 0 Å². The van der Waals surface area contributed by atoms with Crippen molar-refractivity contribution in [2.45, 2.75) is 51.4 Å². The Kier molecular flexibility index (Phi) is 6.16. The third kappa shape index (κ3) is 4.62. The predicted octanol–water partition coefficient (Wildman–Crippen LogP) is 3.65. The second-order valence-electron chi connectivity index (χ2n) is 9.11. The molecule has 1 fully saturated rings. The van der Waals surface area contributed by atoms with Crippen LogP contribution in [0.4, 0.5) is 5.82 Å². The molecule has 2 aliphatic rings. The number of anilines is 1. The van der Waals surface area contributed by atoms with Crippen LogP contribution in [0.15, 0.2) is 30.5 Å². The molecule has 0 spiro atoms. The van der Waals surface area contributed by atoms with Gasteiger partial charge in [0.1, 0.15) is 5.82 Å². The van der Waals surface area contributed by atoms with E-state index in [2.05, 4.69) is 46.8 Å². The summed E-state index contributed by atoms with van der Waals surface area (Å²) in [5, 5.41) is 8.96. The molecular formula is C24H34N4O. The number of unbranched alkanes of at least 4 members (excludes halogenated alkanes) is 1. The Morgan fingerprint density at radius 3 is 2.69 bits per heavy atom. The van der Waals surface area contributed by atoms with Gasteiger partial charge in [-0.15, -0.1) is 0 Å². The number of piperazine rings is 1. The largest absolute Gasteiger partial charge is 0.396 e. The lowest BCUT2D eigenvalue weighted by Gasteiger charge is -2.35. The maximum absolute atomic E-state index is 8.96. The van der Waals surface area contributed by atoms with Gasteiger partial charge >= 0.3 is 0 Å². The molecule has 1 N–H and O–H groups in total. The normalized spacial score (nSPS) is 19.2. The van der Waals surface area contributed by atoms with Crippen molar-refractivity contribution in [3.63, 3.8) is 0 Å². The third-order valence-corrected chi connectivity index (χ3v) is 6.56. The molecule has 1 aromatic heterocycles. The van der Waals surface area contributed by atoms with Crippen LogP contribution in [0.3, 0.4) is 0 Å². The van der Waals surface area contributed by atoms with Gasteiger partial charge in [0.05, 0.1) is 0 Å². The van der Waals surface area contributed by atoms with Crippen molar-refractivity contribution in [2.75, 3.05) is 44.2 Å². The molecule has 4 rings (SSSR count). The summed E-state index contributed by atoms with van der Waals surface area (Å²) in [5.74, 6) is 1.86. The molecule has 0 unspecified atom stereocenters. The maximum Gasteiger partial charge on any atom is 0.161 e. The molecule has 156 valence electrons. The highest BCUT2D eigenvalue weighted by Crippen LogP contribution is 2.38. The minimum absolute atomic E-state index is 0.230. The van der Waals surface area contributed by atoms with Gasteiger partial charge in [-0.1, -0.05) is 26.0 Å². The highest BCUT2D eigenvalue weighted by atomic mass is 16.2. The molecule has 0 saturated carbocycles. The average molecular weight is 395 g/mol. The van der Waals surface area contributed by atoms with E-state index in [1.54, 1.807) is 0 Å². The minimum Gasteiger partial charge on any atom is -0.396 e. The van der Waals surface area contributed by atoms with Crippen molar-refractivity contribution in [2.24, 2.45) is 0 Å². The number of aliphatic hydroxyl groups is 1. The molecule has 2 heterocycles. The zero-order valence-electron chi connectivity index (χ0n) is 17.9. The first-order valence-corrected chi connectivity index (χ1v) is 11.1. The number of hydrogen-bond acceptors (Lipinski definition) is 5. The van der Waals surface area contributed by atoms with Gasteiger partial charge < -0.3 is 10.0 Å². The Labute approximate surface area is 174 Å². The van der Waals surface area contributed by atoms with Crippen molar-refractivity contribution in [3.05, 3.63) is 41.6 Å². The van der Waals surface area contributed by atoms with Crippen LogP contribution >= 0.6 is 0 Å². The molecule has 1 aliphatic heterocycles. The van der Waals surface area contributed by atoms with Crippen molar-refractivity contribution < 1.29 is 5.11 Å². The summed E-state index contributed by atoms with van der Waals surface area (Å²) in [7, 11) is 0. The first-order chi connectivity index (χ1) is 14.1. The zero-order chi connectivity index (χ0) is 20.3. The van der Waals surface area contributed by atoms with Gasteiger partial charge in [-0.25, -0.2) is 9.97 Å². The van der Waals surface area contributed by atoms with E-state index in [9.17, 15) is 0 Å². The summed E-state index contributed by atoms with van der Waals surface area (Å²) < 4.78 is 0. The number of aryl methyl sites for hydroxylation is 1. The number of nitrogens with zero attached hydrogens (tertiary/aromatic N) is 4. The third-order valence-electron chi connectivity index (χ3n) is 6.56. The summed E-state index contributed by atoms with van der Waals surface area (Å²) >= 11 is 0. The molecule has 5 nitrogen and oxygen atoms in total.